The molecule has 0 aliphatic rings. The van der Waals surface area contributed by atoms with Crippen LogP contribution in [-0.2, 0) is 0 Å². The molecule has 0 aliphatic heterocycles. The third-order valence-corrected chi connectivity index (χ3v) is 1.02. The molecule has 1 aromatic heterocycles. The van der Waals surface area contributed by atoms with E-state index in [0.717, 1.165) is 5.56 Å². The van der Waals surface area contributed by atoms with Gasteiger partial charge in [0.2, 0.25) is 0 Å². The van der Waals surface area contributed by atoms with Gasteiger partial charge in [-0.25, -0.2) is 0 Å². The van der Waals surface area contributed by atoms with E-state index in [1.807, 2.05) is 6.07 Å². The van der Waals surface area contributed by atoms with Crippen LogP contribution in [0.25, 0.3) is 0 Å². The Bertz CT molecular complexity index is 238. The van der Waals surface area contributed by atoms with Gasteiger partial charge in [0.1, 0.15) is 6.10 Å². The topological polar surface area (TPSA) is 36.0 Å². The molecule has 0 aliphatic carbocycles. The highest BCUT2D eigenvalue weighted by atomic mass is 16.3. The number of rotatable bonds is 0. The largest absolute Gasteiger partial charge is 0.381 e. The van der Waals surface area contributed by atoms with Crippen molar-refractivity contribution in [2.45, 2.75) is 13.0 Å². The molecule has 1 heterocycles. The minimum atomic E-state index is -0.546. The molecule has 1 atom stereocenters. The summed E-state index contributed by atoms with van der Waals surface area (Å²) in [5.74, 6) is 5.43. The Labute approximate surface area is 59.9 Å². The summed E-state index contributed by atoms with van der Waals surface area (Å²) >= 11 is 0. The molecule has 1 unspecified atom stereocenters. The van der Waals surface area contributed by atoms with E-state index in [1.165, 1.54) is 0 Å². The summed E-state index contributed by atoms with van der Waals surface area (Å²) in [4.78, 5) is 2.87. The summed E-state index contributed by atoms with van der Waals surface area (Å²) in [5.41, 5.74) is 0.904. The van der Waals surface area contributed by atoms with Crippen molar-refractivity contribution in [2.75, 3.05) is 0 Å². The molecule has 0 amide bonds. The van der Waals surface area contributed by atoms with Gasteiger partial charge in [-0.2, -0.15) is 0 Å². The molecular formula is C8H9NO. The Hall–Kier alpha value is -1.20. The van der Waals surface area contributed by atoms with Crippen molar-refractivity contribution in [3.8, 4) is 11.8 Å². The third kappa shape index (κ3) is 1.96. The second-order valence-corrected chi connectivity index (χ2v) is 2.04. The smallest absolute Gasteiger partial charge is 0.112 e. The van der Waals surface area contributed by atoms with Crippen LogP contribution in [0.4, 0.5) is 0 Å². The summed E-state index contributed by atoms with van der Waals surface area (Å²) in [6.07, 6.45) is 3.04. The first-order chi connectivity index (χ1) is 4.79. The molecule has 10 heavy (non-hydrogen) atoms. The van der Waals surface area contributed by atoms with Gasteiger partial charge < -0.3 is 10.1 Å². The number of H-pyrrole nitrogens is 1. The molecule has 1 rings (SSSR count). The maximum absolute atomic E-state index is 8.77. The standard InChI is InChI=1S/C8H9NO/c1-7(10)2-3-8-4-5-9-6-8/h4-7,9-10H,1H3. The highest BCUT2D eigenvalue weighted by molar-refractivity contribution is 5.32. The fourth-order valence-electron chi connectivity index (χ4n) is 0.589. The third-order valence-electron chi connectivity index (χ3n) is 1.02. The minimum absolute atomic E-state index is 0.546. The summed E-state index contributed by atoms with van der Waals surface area (Å²) in [5, 5.41) is 8.77. The molecule has 0 bridgehead atoms. The van der Waals surface area contributed by atoms with Crippen molar-refractivity contribution in [3.63, 3.8) is 0 Å². The van der Waals surface area contributed by atoms with E-state index < -0.39 is 6.10 Å². The van der Waals surface area contributed by atoms with Crippen LogP contribution < -0.4 is 0 Å². The number of hydrogen-bond acceptors (Lipinski definition) is 1. The van der Waals surface area contributed by atoms with E-state index >= 15 is 0 Å². The normalized spacial score (nSPS) is 11.8. The average molecular weight is 135 g/mol. The van der Waals surface area contributed by atoms with Crippen molar-refractivity contribution < 1.29 is 5.11 Å². The van der Waals surface area contributed by atoms with Crippen LogP contribution in [0.2, 0.25) is 0 Å². The molecule has 2 heteroatoms. The zero-order valence-electron chi connectivity index (χ0n) is 5.76. The van der Waals surface area contributed by atoms with Gasteiger partial charge in [-0.3, -0.25) is 0 Å². The van der Waals surface area contributed by atoms with Crippen molar-refractivity contribution in [1.29, 1.82) is 0 Å². The Kier molecular flexibility index (Phi) is 2.14. The number of hydrogen-bond donors (Lipinski definition) is 2. The van der Waals surface area contributed by atoms with Crippen LogP contribution in [0.1, 0.15) is 12.5 Å². The zero-order valence-corrected chi connectivity index (χ0v) is 5.76. The van der Waals surface area contributed by atoms with Crippen LogP contribution in [0, 0.1) is 11.8 Å². The second kappa shape index (κ2) is 3.09. The maximum atomic E-state index is 8.77. The molecule has 0 aromatic carbocycles. The van der Waals surface area contributed by atoms with Gasteiger partial charge in [0, 0.05) is 18.0 Å². The second-order valence-electron chi connectivity index (χ2n) is 2.04. The fourth-order valence-corrected chi connectivity index (χ4v) is 0.589. The van der Waals surface area contributed by atoms with Crippen molar-refractivity contribution >= 4 is 0 Å². The SMILES string of the molecule is CC(O)C#Cc1cc[nH]c1. The lowest BCUT2D eigenvalue weighted by atomic mass is 10.3. The van der Waals surface area contributed by atoms with Gasteiger partial charge >= 0.3 is 0 Å². The van der Waals surface area contributed by atoms with Gasteiger partial charge in [0.05, 0.1) is 0 Å². The molecule has 0 saturated heterocycles. The predicted molar refractivity (Wildman–Crippen MR) is 39.4 cm³/mol. The number of nitrogens with one attached hydrogen (secondary N) is 1. The Morgan fingerprint density at radius 3 is 3.00 bits per heavy atom. The molecule has 0 fully saturated rings. The lowest BCUT2D eigenvalue weighted by Crippen LogP contribution is -1.92. The molecule has 2 nitrogen and oxygen atoms in total. The van der Waals surface area contributed by atoms with E-state index in [4.69, 9.17) is 5.11 Å². The lowest BCUT2D eigenvalue weighted by molar-refractivity contribution is 0.253. The summed E-state index contributed by atoms with van der Waals surface area (Å²) < 4.78 is 0. The number of aromatic amines is 1. The number of aliphatic hydroxyl groups excluding tert-OH is 1. The van der Waals surface area contributed by atoms with Gasteiger partial charge in [-0.1, -0.05) is 11.8 Å². The molecule has 2 N–H and O–H groups in total. The monoisotopic (exact) mass is 135 g/mol. The Morgan fingerprint density at radius 2 is 2.50 bits per heavy atom. The minimum Gasteiger partial charge on any atom is -0.381 e. The number of aromatic nitrogens is 1. The average Bonchev–Trinajstić information content (AvgIpc) is 2.34. The van der Waals surface area contributed by atoms with Crippen LogP contribution in [0.3, 0.4) is 0 Å². The van der Waals surface area contributed by atoms with Crippen LogP contribution >= 0.6 is 0 Å². The van der Waals surface area contributed by atoms with E-state index in [2.05, 4.69) is 16.8 Å². The van der Waals surface area contributed by atoms with E-state index in [-0.39, 0.29) is 0 Å². The lowest BCUT2D eigenvalue weighted by Gasteiger charge is -1.85. The first-order valence-corrected chi connectivity index (χ1v) is 3.11. The van der Waals surface area contributed by atoms with Crippen molar-refractivity contribution in [3.05, 3.63) is 24.0 Å². The van der Waals surface area contributed by atoms with Gasteiger partial charge in [0.15, 0.2) is 0 Å². The molecular weight excluding hydrogens is 126 g/mol. The highest BCUT2D eigenvalue weighted by Crippen LogP contribution is 1.91. The van der Waals surface area contributed by atoms with Gasteiger partial charge in [0.25, 0.3) is 0 Å². The first-order valence-electron chi connectivity index (χ1n) is 3.11. The summed E-state index contributed by atoms with van der Waals surface area (Å²) in [6.45, 7) is 1.64. The number of aliphatic hydroxyl groups is 1. The molecule has 52 valence electrons. The molecule has 1 aromatic rings. The van der Waals surface area contributed by atoms with Gasteiger partial charge in [-0.05, 0) is 13.0 Å². The quantitative estimate of drug-likeness (QED) is 0.506. The molecule has 0 saturated carbocycles. The predicted octanol–water partition coefficient (Wildman–Crippen LogP) is 0.747. The summed E-state index contributed by atoms with van der Waals surface area (Å²) in [7, 11) is 0. The molecule has 0 radical (unpaired) electrons. The van der Waals surface area contributed by atoms with Crippen LogP contribution in [0.5, 0.6) is 0 Å². The maximum Gasteiger partial charge on any atom is 0.112 e. The van der Waals surface area contributed by atoms with Crippen LogP contribution in [0.15, 0.2) is 18.5 Å². The Balaban J connectivity index is 2.66. The fraction of sp³-hybridized carbons (Fsp3) is 0.250. The summed E-state index contributed by atoms with van der Waals surface area (Å²) in [6, 6.07) is 1.86. The molecule has 0 spiro atoms. The van der Waals surface area contributed by atoms with E-state index in [1.54, 1.807) is 19.3 Å². The van der Waals surface area contributed by atoms with Crippen molar-refractivity contribution in [1.82, 2.24) is 4.98 Å². The van der Waals surface area contributed by atoms with Gasteiger partial charge in [-0.15, -0.1) is 0 Å². The van der Waals surface area contributed by atoms with Crippen LogP contribution in [-0.4, -0.2) is 16.2 Å². The van der Waals surface area contributed by atoms with E-state index in [9.17, 15) is 0 Å². The highest BCUT2D eigenvalue weighted by Gasteiger charge is 1.85. The first kappa shape index (κ1) is 6.91. The zero-order chi connectivity index (χ0) is 7.40. The Morgan fingerprint density at radius 1 is 1.70 bits per heavy atom. The van der Waals surface area contributed by atoms with Crippen molar-refractivity contribution in [2.24, 2.45) is 0 Å². The van der Waals surface area contributed by atoms with E-state index in [0.29, 0.717) is 0 Å².